The van der Waals surface area contributed by atoms with E-state index < -0.39 is 28.5 Å². The first-order valence-corrected chi connectivity index (χ1v) is 14.5. The molecule has 1 amide bonds. The van der Waals surface area contributed by atoms with E-state index in [0.29, 0.717) is 5.75 Å². The Morgan fingerprint density at radius 3 is 2.05 bits per heavy atom. The number of carbonyl (C=O) groups is 1. The second kappa shape index (κ2) is 13.0. The Labute approximate surface area is 245 Å². The van der Waals surface area contributed by atoms with Crippen LogP contribution < -0.4 is 23.8 Å². The number of sulfonamides is 1. The lowest BCUT2D eigenvalue weighted by Crippen LogP contribution is -2.42. The Morgan fingerprint density at radius 1 is 0.805 bits per heavy atom. The van der Waals surface area contributed by atoms with Gasteiger partial charge in [-0.25, -0.2) is 8.42 Å². The summed E-state index contributed by atoms with van der Waals surface area (Å²) in [6.45, 7) is 1.43. The molecule has 214 valence electrons. The Balaban J connectivity index is 1.77. The third kappa shape index (κ3) is 6.75. The van der Waals surface area contributed by atoms with E-state index in [2.05, 4.69) is 5.32 Å². The summed E-state index contributed by atoms with van der Waals surface area (Å²) in [5, 5.41) is 3.30. The average molecular weight is 595 g/mol. The maximum atomic E-state index is 14.1. The molecule has 0 fully saturated rings. The lowest BCUT2D eigenvalue weighted by Gasteiger charge is -2.27. The maximum Gasteiger partial charge on any atom is 0.265 e. The minimum Gasteiger partial charge on any atom is -0.495 e. The lowest BCUT2D eigenvalue weighted by atomic mass is 9.98. The fraction of sp³-hybridized carbons (Fsp3) is 0.194. The van der Waals surface area contributed by atoms with Crippen LogP contribution in [0.4, 0.5) is 5.69 Å². The summed E-state index contributed by atoms with van der Waals surface area (Å²) in [5.41, 5.74) is 2.88. The highest BCUT2D eigenvalue weighted by Gasteiger charge is 2.31. The van der Waals surface area contributed by atoms with Gasteiger partial charge in [0.1, 0.15) is 12.3 Å². The van der Waals surface area contributed by atoms with Crippen molar-refractivity contribution in [3.05, 3.63) is 113 Å². The van der Waals surface area contributed by atoms with Gasteiger partial charge in [-0.05, 0) is 48.4 Å². The zero-order valence-corrected chi connectivity index (χ0v) is 24.7. The summed E-state index contributed by atoms with van der Waals surface area (Å²) in [7, 11) is -0.0489. The Kier molecular flexibility index (Phi) is 9.42. The van der Waals surface area contributed by atoms with E-state index in [1.54, 1.807) is 12.1 Å². The number of hydrogen-bond acceptors (Lipinski definition) is 6. The van der Waals surface area contributed by atoms with Crippen molar-refractivity contribution in [3.8, 4) is 17.2 Å². The Hall–Kier alpha value is -4.21. The summed E-state index contributed by atoms with van der Waals surface area (Å²) in [6, 6.07) is 25.5. The molecule has 0 radical (unpaired) electrons. The molecule has 4 rings (SSSR count). The second-order valence-electron chi connectivity index (χ2n) is 9.17. The molecule has 4 aromatic carbocycles. The summed E-state index contributed by atoms with van der Waals surface area (Å²) in [4.78, 5) is 13.6. The van der Waals surface area contributed by atoms with Crippen molar-refractivity contribution in [1.29, 1.82) is 0 Å². The molecule has 0 aromatic heterocycles. The number of amides is 1. The van der Waals surface area contributed by atoms with Crippen molar-refractivity contribution >= 4 is 33.2 Å². The SMILES string of the molecule is COc1ccc(S(=O)(=O)N(CC(=O)N[C@H](c2ccccc2)c2ccc(C)cc2)c2cc(Cl)ccc2OC)cc1OC. The number of carbonyl (C=O) groups excluding carboxylic acids is 1. The smallest absolute Gasteiger partial charge is 0.265 e. The Morgan fingerprint density at radius 2 is 1.41 bits per heavy atom. The van der Waals surface area contributed by atoms with Gasteiger partial charge in [0.05, 0.1) is 38.0 Å². The van der Waals surface area contributed by atoms with E-state index in [1.165, 1.54) is 45.6 Å². The van der Waals surface area contributed by atoms with Gasteiger partial charge in [-0.3, -0.25) is 9.10 Å². The highest BCUT2D eigenvalue weighted by Crippen LogP contribution is 2.37. The molecule has 0 aliphatic carbocycles. The molecule has 0 unspecified atom stereocenters. The predicted molar refractivity (Wildman–Crippen MR) is 160 cm³/mol. The van der Waals surface area contributed by atoms with Crippen LogP contribution >= 0.6 is 11.6 Å². The van der Waals surface area contributed by atoms with Crippen LogP contribution in [0.1, 0.15) is 22.7 Å². The fourth-order valence-electron chi connectivity index (χ4n) is 4.36. The predicted octanol–water partition coefficient (Wildman–Crippen LogP) is 5.78. The molecule has 0 aliphatic rings. The number of anilines is 1. The standard InChI is InChI=1S/C31H31ClN2O6S/c1-21-10-12-23(13-11-21)31(22-8-6-5-7-9-22)33-30(35)20-34(26-18-24(32)14-16-27(26)38-2)41(36,37)25-15-17-28(39-3)29(19-25)40-4/h5-19,31H,20H2,1-4H3,(H,33,35)/t31-/m1/s1. The van der Waals surface area contributed by atoms with Gasteiger partial charge >= 0.3 is 0 Å². The molecule has 8 nitrogen and oxygen atoms in total. The lowest BCUT2D eigenvalue weighted by molar-refractivity contribution is -0.120. The molecular formula is C31H31ClN2O6S. The van der Waals surface area contributed by atoms with Crippen molar-refractivity contribution in [3.63, 3.8) is 0 Å². The topological polar surface area (TPSA) is 94.2 Å². The van der Waals surface area contributed by atoms with Crippen molar-refractivity contribution in [2.45, 2.75) is 17.9 Å². The van der Waals surface area contributed by atoms with Gasteiger partial charge in [0.25, 0.3) is 10.0 Å². The maximum absolute atomic E-state index is 14.1. The third-order valence-electron chi connectivity index (χ3n) is 6.49. The normalized spacial score (nSPS) is 11.8. The molecule has 4 aromatic rings. The first-order valence-electron chi connectivity index (χ1n) is 12.7. The van der Waals surface area contributed by atoms with Crippen LogP contribution in [0.15, 0.2) is 95.9 Å². The summed E-state index contributed by atoms with van der Waals surface area (Å²) in [5.74, 6) is 0.273. The Bertz CT molecular complexity index is 1610. The van der Waals surface area contributed by atoms with Gasteiger partial charge in [0.15, 0.2) is 11.5 Å². The number of aryl methyl sites for hydroxylation is 1. The molecule has 0 bridgehead atoms. The van der Waals surface area contributed by atoms with Crippen LogP contribution in [0.25, 0.3) is 0 Å². The van der Waals surface area contributed by atoms with Crippen LogP contribution in [0, 0.1) is 6.92 Å². The molecule has 41 heavy (non-hydrogen) atoms. The first kappa shape index (κ1) is 29.8. The number of rotatable bonds is 11. The minimum atomic E-state index is -4.33. The van der Waals surface area contributed by atoms with Gasteiger partial charge in [0, 0.05) is 11.1 Å². The molecule has 1 N–H and O–H groups in total. The molecule has 0 saturated heterocycles. The number of ether oxygens (including phenoxy) is 3. The molecule has 0 spiro atoms. The summed E-state index contributed by atoms with van der Waals surface area (Å²) in [6.07, 6.45) is 0. The van der Waals surface area contributed by atoms with Gasteiger partial charge in [-0.15, -0.1) is 0 Å². The summed E-state index contributed by atoms with van der Waals surface area (Å²) >= 11 is 6.28. The molecule has 10 heteroatoms. The van der Waals surface area contributed by atoms with E-state index in [4.69, 9.17) is 25.8 Å². The van der Waals surface area contributed by atoms with Crippen LogP contribution in [-0.4, -0.2) is 42.2 Å². The van der Waals surface area contributed by atoms with E-state index in [-0.39, 0.29) is 27.1 Å². The van der Waals surface area contributed by atoms with Crippen LogP contribution in [0.5, 0.6) is 17.2 Å². The van der Waals surface area contributed by atoms with E-state index in [9.17, 15) is 13.2 Å². The van der Waals surface area contributed by atoms with Crippen molar-refractivity contribution in [1.82, 2.24) is 5.32 Å². The number of nitrogens with zero attached hydrogens (tertiary/aromatic N) is 1. The van der Waals surface area contributed by atoms with Gasteiger partial charge < -0.3 is 19.5 Å². The number of nitrogens with one attached hydrogen (secondary N) is 1. The minimum absolute atomic E-state index is 0.108. The third-order valence-corrected chi connectivity index (χ3v) is 8.48. The first-order chi connectivity index (χ1) is 19.7. The quantitative estimate of drug-likeness (QED) is 0.237. The van der Waals surface area contributed by atoms with E-state index >= 15 is 0 Å². The van der Waals surface area contributed by atoms with Crippen LogP contribution in [0.2, 0.25) is 5.02 Å². The average Bonchev–Trinajstić information content (AvgIpc) is 2.99. The fourth-order valence-corrected chi connectivity index (χ4v) is 5.97. The van der Waals surface area contributed by atoms with Gasteiger partial charge in [-0.2, -0.15) is 0 Å². The number of halogens is 1. The monoisotopic (exact) mass is 594 g/mol. The zero-order valence-electron chi connectivity index (χ0n) is 23.1. The van der Waals surface area contributed by atoms with Gasteiger partial charge in [-0.1, -0.05) is 71.8 Å². The summed E-state index contributed by atoms with van der Waals surface area (Å²) < 4.78 is 45.3. The van der Waals surface area contributed by atoms with Crippen LogP contribution in [-0.2, 0) is 14.8 Å². The van der Waals surface area contributed by atoms with Crippen LogP contribution in [0.3, 0.4) is 0 Å². The number of benzene rings is 4. The van der Waals surface area contributed by atoms with Gasteiger partial charge in [0.2, 0.25) is 5.91 Å². The van der Waals surface area contributed by atoms with Crippen molar-refractivity contribution < 1.29 is 27.4 Å². The highest BCUT2D eigenvalue weighted by atomic mass is 35.5. The molecule has 1 atom stereocenters. The second-order valence-corrected chi connectivity index (χ2v) is 11.5. The molecule has 0 heterocycles. The number of methoxy groups -OCH3 is 3. The van der Waals surface area contributed by atoms with E-state index in [1.807, 2.05) is 61.5 Å². The zero-order chi connectivity index (χ0) is 29.6. The van der Waals surface area contributed by atoms with Crippen molar-refractivity contribution in [2.24, 2.45) is 0 Å². The van der Waals surface area contributed by atoms with Crippen molar-refractivity contribution in [2.75, 3.05) is 32.2 Å². The molecule has 0 aliphatic heterocycles. The largest absolute Gasteiger partial charge is 0.495 e. The molecule has 0 saturated carbocycles. The molecular weight excluding hydrogens is 564 g/mol. The number of hydrogen-bond donors (Lipinski definition) is 1. The highest BCUT2D eigenvalue weighted by molar-refractivity contribution is 7.92. The van der Waals surface area contributed by atoms with E-state index in [0.717, 1.165) is 21.0 Å².